The van der Waals surface area contributed by atoms with E-state index in [1.165, 1.54) is 10.4 Å². The molecule has 0 aliphatic carbocycles. The lowest BCUT2D eigenvalue weighted by molar-refractivity contribution is 0.0107. The van der Waals surface area contributed by atoms with E-state index < -0.39 is 0 Å². The van der Waals surface area contributed by atoms with Crippen molar-refractivity contribution in [1.29, 1.82) is 0 Å². The standard InChI is InChI=1S/C17H24N4S/c1-17(2)13-20(12-15-10-19-16(18)22-15)8-9-21(17)11-14-6-4-3-5-7-14/h3-7,10H,8-9,11-13H2,1-2H3,(H2,18,19). The smallest absolute Gasteiger partial charge is 0.180 e. The largest absolute Gasteiger partial charge is 0.375 e. The molecule has 0 amide bonds. The monoisotopic (exact) mass is 316 g/mol. The van der Waals surface area contributed by atoms with Crippen LogP contribution in [-0.2, 0) is 13.1 Å². The Balaban J connectivity index is 1.61. The molecule has 0 atom stereocenters. The number of hydrogen-bond acceptors (Lipinski definition) is 5. The number of nitrogen functional groups attached to an aromatic ring is 1. The van der Waals surface area contributed by atoms with Crippen molar-refractivity contribution in [1.82, 2.24) is 14.8 Å². The zero-order valence-corrected chi connectivity index (χ0v) is 14.1. The van der Waals surface area contributed by atoms with Crippen molar-refractivity contribution < 1.29 is 0 Å². The zero-order valence-electron chi connectivity index (χ0n) is 13.3. The highest BCUT2D eigenvalue weighted by Crippen LogP contribution is 2.25. The number of piperazine rings is 1. The van der Waals surface area contributed by atoms with Crippen molar-refractivity contribution in [3.05, 3.63) is 47.0 Å². The fraction of sp³-hybridized carbons (Fsp3) is 0.471. The highest BCUT2D eigenvalue weighted by molar-refractivity contribution is 7.15. The van der Waals surface area contributed by atoms with Gasteiger partial charge in [-0.25, -0.2) is 4.98 Å². The maximum atomic E-state index is 5.73. The molecule has 0 unspecified atom stereocenters. The number of nitrogens with two attached hydrogens (primary N) is 1. The average Bonchev–Trinajstić information content (AvgIpc) is 2.88. The summed E-state index contributed by atoms with van der Waals surface area (Å²) in [6, 6.07) is 10.7. The van der Waals surface area contributed by atoms with Crippen molar-refractivity contribution in [2.45, 2.75) is 32.5 Å². The number of nitrogens with zero attached hydrogens (tertiary/aromatic N) is 3. The van der Waals surface area contributed by atoms with Crippen molar-refractivity contribution >= 4 is 16.5 Å². The lowest BCUT2D eigenvalue weighted by Gasteiger charge is -2.47. The van der Waals surface area contributed by atoms with Gasteiger partial charge in [-0.15, -0.1) is 11.3 Å². The minimum Gasteiger partial charge on any atom is -0.375 e. The third-order valence-electron chi connectivity index (χ3n) is 4.32. The number of benzene rings is 1. The van der Waals surface area contributed by atoms with Gasteiger partial charge in [-0.3, -0.25) is 9.80 Å². The highest BCUT2D eigenvalue weighted by atomic mass is 32.1. The normalized spacial score (nSPS) is 19.4. The van der Waals surface area contributed by atoms with Crippen LogP contribution in [0.5, 0.6) is 0 Å². The first kappa shape index (κ1) is 15.5. The van der Waals surface area contributed by atoms with Crippen LogP contribution in [0.25, 0.3) is 0 Å². The summed E-state index contributed by atoms with van der Waals surface area (Å²) in [5, 5.41) is 0.664. The van der Waals surface area contributed by atoms with E-state index in [0.717, 1.165) is 32.7 Å². The summed E-state index contributed by atoms with van der Waals surface area (Å²) < 4.78 is 0. The molecular formula is C17H24N4S. The van der Waals surface area contributed by atoms with Crippen molar-refractivity contribution in [3.8, 4) is 0 Å². The summed E-state index contributed by atoms with van der Waals surface area (Å²) in [6.45, 7) is 9.90. The molecule has 1 aliphatic heterocycles. The molecule has 3 rings (SSSR count). The Morgan fingerprint density at radius 3 is 2.59 bits per heavy atom. The molecule has 0 radical (unpaired) electrons. The summed E-state index contributed by atoms with van der Waals surface area (Å²) in [4.78, 5) is 10.5. The molecule has 5 heteroatoms. The molecule has 1 fully saturated rings. The topological polar surface area (TPSA) is 45.4 Å². The van der Waals surface area contributed by atoms with Gasteiger partial charge >= 0.3 is 0 Å². The molecule has 2 N–H and O–H groups in total. The second-order valence-electron chi connectivity index (χ2n) is 6.60. The molecule has 0 bridgehead atoms. The Morgan fingerprint density at radius 1 is 1.18 bits per heavy atom. The van der Waals surface area contributed by atoms with Crippen LogP contribution in [0.1, 0.15) is 24.3 Å². The van der Waals surface area contributed by atoms with Crippen LogP contribution in [0.15, 0.2) is 36.5 Å². The lowest BCUT2D eigenvalue weighted by Crippen LogP contribution is -2.58. The third-order valence-corrected chi connectivity index (χ3v) is 5.13. The van der Waals surface area contributed by atoms with Gasteiger partial charge in [0.2, 0.25) is 0 Å². The van der Waals surface area contributed by atoms with Crippen LogP contribution in [0, 0.1) is 0 Å². The predicted molar refractivity (Wildman–Crippen MR) is 92.7 cm³/mol. The van der Waals surface area contributed by atoms with Gasteiger partial charge in [-0.2, -0.15) is 0 Å². The second-order valence-corrected chi connectivity index (χ2v) is 7.74. The first-order chi connectivity index (χ1) is 10.5. The van der Waals surface area contributed by atoms with Crippen LogP contribution in [0.3, 0.4) is 0 Å². The van der Waals surface area contributed by atoms with E-state index in [1.54, 1.807) is 11.3 Å². The van der Waals surface area contributed by atoms with E-state index in [9.17, 15) is 0 Å². The minimum absolute atomic E-state index is 0.171. The van der Waals surface area contributed by atoms with E-state index in [1.807, 2.05) is 6.20 Å². The Hall–Kier alpha value is -1.43. The second kappa shape index (κ2) is 6.36. The number of hydrogen-bond donors (Lipinski definition) is 1. The third kappa shape index (κ3) is 3.66. The van der Waals surface area contributed by atoms with E-state index in [2.05, 4.69) is 59.0 Å². The first-order valence-electron chi connectivity index (χ1n) is 7.74. The lowest BCUT2D eigenvalue weighted by atomic mass is 9.97. The summed E-state index contributed by atoms with van der Waals surface area (Å²) in [5.74, 6) is 0. The minimum atomic E-state index is 0.171. The van der Waals surface area contributed by atoms with E-state index >= 15 is 0 Å². The summed E-state index contributed by atoms with van der Waals surface area (Å²) in [5.41, 5.74) is 7.28. The van der Waals surface area contributed by atoms with Gasteiger partial charge in [0.05, 0.1) is 0 Å². The van der Waals surface area contributed by atoms with Gasteiger partial charge in [0, 0.05) is 49.3 Å². The SMILES string of the molecule is CC1(C)CN(Cc2cnc(N)s2)CCN1Cc1ccccc1. The van der Waals surface area contributed by atoms with E-state index in [4.69, 9.17) is 5.73 Å². The fourth-order valence-corrected chi connectivity index (χ4v) is 3.87. The fourth-order valence-electron chi connectivity index (χ4n) is 3.14. The van der Waals surface area contributed by atoms with E-state index in [0.29, 0.717) is 5.13 Å². The Labute approximate surface area is 136 Å². The zero-order chi connectivity index (χ0) is 15.6. The average molecular weight is 316 g/mol. The molecule has 2 heterocycles. The van der Waals surface area contributed by atoms with Gasteiger partial charge in [-0.1, -0.05) is 30.3 Å². The number of anilines is 1. The van der Waals surface area contributed by atoms with Gasteiger partial charge < -0.3 is 5.73 Å². The maximum absolute atomic E-state index is 5.73. The molecule has 2 aromatic rings. The summed E-state index contributed by atoms with van der Waals surface area (Å²) >= 11 is 1.60. The molecule has 118 valence electrons. The molecule has 1 aromatic heterocycles. The number of thiazole rings is 1. The molecular weight excluding hydrogens is 292 g/mol. The van der Waals surface area contributed by atoms with Crippen LogP contribution < -0.4 is 5.73 Å². The summed E-state index contributed by atoms with van der Waals surface area (Å²) in [7, 11) is 0. The number of aromatic nitrogens is 1. The highest BCUT2D eigenvalue weighted by Gasteiger charge is 2.33. The number of rotatable bonds is 4. The molecule has 4 nitrogen and oxygen atoms in total. The molecule has 0 saturated carbocycles. The Morgan fingerprint density at radius 2 is 1.95 bits per heavy atom. The summed E-state index contributed by atoms with van der Waals surface area (Å²) in [6.07, 6.45) is 1.91. The quantitative estimate of drug-likeness (QED) is 0.942. The first-order valence-corrected chi connectivity index (χ1v) is 8.56. The van der Waals surface area contributed by atoms with E-state index in [-0.39, 0.29) is 5.54 Å². The molecule has 22 heavy (non-hydrogen) atoms. The van der Waals surface area contributed by atoms with Gasteiger partial charge in [0.25, 0.3) is 0 Å². The van der Waals surface area contributed by atoms with Crippen LogP contribution in [-0.4, -0.2) is 40.0 Å². The van der Waals surface area contributed by atoms with Crippen molar-refractivity contribution in [2.75, 3.05) is 25.4 Å². The molecule has 0 spiro atoms. The van der Waals surface area contributed by atoms with Gasteiger partial charge in [0.1, 0.15) is 0 Å². The van der Waals surface area contributed by atoms with Crippen LogP contribution in [0.2, 0.25) is 0 Å². The van der Waals surface area contributed by atoms with Crippen LogP contribution in [0.4, 0.5) is 5.13 Å². The van der Waals surface area contributed by atoms with Crippen molar-refractivity contribution in [3.63, 3.8) is 0 Å². The van der Waals surface area contributed by atoms with Crippen molar-refractivity contribution in [2.24, 2.45) is 0 Å². The van der Waals surface area contributed by atoms with Gasteiger partial charge in [-0.05, 0) is 19.4 Å². The predicted octanol–water partition coefficient (Wildman–Crippen LogP) is 2.82. The Kier molecular flexibility index (Phi) is 4.47. The van der Waals surface area contributed by atoms with Gasteiger partial charge in [0.15, 0.2) is 5.13 Å². The maximum Gasteiger partial charge on any atom is 0.180 e. The Bertz CT molecular complexity index is 608. The van der Waals surface area contributed by atoms with Crippen LogP contribution >= 0.6 is 11.3 Å². The molecule has 1 saturated heterocycles. The molecule has 1 aromatic carbocycles. The molecule has 1 aliphatic rings.